The van der Waals surface area contributed by atoms with Crippen LogP contribution in [-0.4, -0.2) is 25.7 Å². The van der Waals surface area contributed by atoms with Gasteiger partial charge in [0, 0.05) is 0 Å². The van der Waals surface area contributed by atoms with Crippen LogP contribution in [0.5, 0.6) is 0 Å². The van der Waals surface area contributed by atoms with Gasteiger partial charge in [0.1, 0.15) is 6.71 Å². The Morgan fingerprint density at radius 1 is 1.18 bits per heavy atom. The van der Waals surface area contributed by atoms with Crippen molar-refractivity contribution < 1.29 is 0 Å². The Kier molecular flexibility index (Phi) is 5.61. The van der Waals surface area contributed by atoms with Crippen molar-refractivity contribution in [3.8, 4) is 0 Å². The normalized spacial score (nSPS) is 31.5. The average Bonchev–Trinajstić information content (AvgIpc) is 2.38. The Morgan fingerprint density at radius 3 is 2.41 bits per heavy atom. The van der Waals surface area contributed by atoms with Crippen LogP contribution in [0.15, 0.2) is 12.7 Å². The van der Waals surface area contributed by atoms with Gasteiger partial charge in [-0.1, -0.05) is 50.2 Å². The second kappa shape index (κ2) is 6.98. The number of rotatable bonds is 4. The molecule has 0 radical (unpaired) electrons. The van der Waals surface area contributed by atoms with E-state index in [0.29, 0.717) is 7.92 Å². The van der Waals surface area contributed by atoms with Crippen LogP contribution in [0.25, 0.3) is 0 Å². The SMILES string of the molecule is C=CCCC1CCB(C2CCP(C)CC2)CC1. The first-order valence-electron chi connectivity index (χ1n) is 7.59. The Bertz CT molecular complexity index is 225. The van der Waals surface area contributed by atoms with Crippen LogP contribution < -0.4 is 0 Å². The zero-order valence-corrected chi connectivity index (χ0v) is 12.4. The van der Waals surface area contributed by atoms with E-state index in [-0.39, 0.29) is 0 Å². The summed E-state index contributed by atoms with van der Waals surface area (Å²) in [6.45, 7) is 7.44. The van der Waals surface area contributed by atoms with Crippen LogP contribution in [0.1, 0.15) is 38.5 Å². The van der Waals surface area contributed by atoms with E-state index in [1.165, 1.54) is 38.3 Å². The average molecular weight is 250 g/mol. The molecule has 2 heteroatoms. The van der Waals surface area contributed by atoms with E-state index >= 15 is 0 Å². The van der Waals surface area contributed by atoms with Gasteiger partial charge in [-0.25, -0.2) is 0 Å². The van der Waals surface area contributed by atoms with Crippen molar-refractivity contribution in [2.45, 2.75) is 57.0 Å². The fourth-order valence-electron chi connectivity index (χ4n) is 3.80. The molecule has 96 valence electrons. The molecule has 0 aromatic rings. The molecule has 0 aromatic heterocycles. The molecule has 2 aliphatic heterocycles. The quantitative estimate of drug-likeness (QED) is 0.368. The van der Waals surface area contributed by atoms with Gasteiger partial charge >= 0.3 is 0 Å². The lowest BCUT2D eigenvalue weighted by atomic mass is 9.32. The van der Waals surface area contributed by atoms with Crippen molar-refractivity contribution in [3.05, 3.63) is 12.7 Å². The van der Waals surface area contributed by atoms with Crippen LogP contribution in [0.4, 0.5) is 0 Å². The Balaban J connectivity index is 1.69. The fourth-order valence-corrected chi connectivity index (χ4v) is 5.57. The monoisotopic (exact) mass is 250 g/mol. The second-order valence-electron chi connectivity index (χ2n) is 6.29. The summed E-state index contributed by atoms with van der Waals surface area (Å²) in [7, 11) is 0.433. The Morgan fingerprint density at radius 2 is 1.82 bits per heavy atom. The van der Waals surface area contributed by atoms with Gasteiger partial charge in [-0.2, -0.15) is 0 Å². The standard InChI is InChI=1S/C15H28BP/c1-3-4-5-14-6-10-16(11-7-14)15-8-12-17(2)13-9-15/h3,14-15H,1,4-13H2,2H3. The fraction of sp³-hybridized carbons (Fsp3) is 0.867. The van der Waals surface area contributed by atoms with Gasteiger partial charge in [0.05, 0.1) is 0 Å². The largest absolute Gasteiger partial charge is 0.143 e. The van der Waals surface area contributed by atoms with Gasteiger partial charge in [0.2, 0.25) is 0 Å². The summed E-state index contributed by atoms with van der Waals surface area (Å²) in [6, 6.07) is 0. The molecule has 0 amide bonds. The lowest BCUT2D eigenvalue weighted by molar-refractivity contribution is 0.437. The first-order chi connectivity index (χ1) is 8.29. The minimum atomic E-state index is 0.433. The number of hydrogen-bond acceptors (Lipinski definition) is 0. The van der Waals surface area contributed by atoms with Crippen molar-refractivity contribution in [3.63, 3.8) is 0 Å². The van der Waals surface area contributed by atoms with Crippen molar-refractivity contribution in [2.75, 3.05) is 19.0 Å². The van der Waals surface area contributed by atoms with E-state index in [2.05, 4.69) is 19.3 Å². The van der Waals surface area contributed by atoms with Crippen molar-refractivity contribution in [1.82, 2.24) is 0 Å². The van der Waals surface area contributed by atoms with E-state index in [0.717, 1.165) is 18.4 Å². The second-order valence-corrected chi connectivity index (χ2v) is 8.89. The molecule has 0 aromatic carbocycles. The summed E-state index contributed by atoms with van der Waals surface area (Å²) in [6.07, 6.45) is 17.1. The molecule has 0 atom stereocenters. The van der Waals surface area contributed by atoms with Crippen molar-refractivity contribution >= 4 is 14.6 Å². The summed E-state index contributed by atoms with van der Waals surface area (Å²) in [5, 5.41) is 0. The molecule has 0 bridgehead atoms. The van der Waals surface area contributed by atoms with E-state index in [1.807, 2.05) is 0 Å². The third-order valence-electron chi connectivity index (χ3n) is 5.10. The Hall–Kier alpha value is 0.235. The van der Waals surface area contributed by atoms with E-state index in [1.54, 1.807) is 25.2 Å². The zero-order chi connectivity index (χ0) is 12.1. The molecule has 2 rings (SSSR count). The number of hydrogen-bond donors (Lipinski definition) is 0. The lowest BCUT2D eigenvalue weighted by Gasteiger charge is -2.35. The van der Waals surface area contributed by atoms with E-state index in [9.17, 15) is 0 Å². The topological polar surface area (TPSA) is 0 Å². The maximum absolute atomic E-state index is 3.84. The lowest BCUT2D eigenvalue weighted by Crippen LogP contribution is -2.29. The van der Waals surface area contributed by atoms with Gasteiger partial charge in [-0.15, -0.1) is 14.5 Å². The van der Waals surface area contributed by atoms with Gasteiger partial charge in [-0.3, -0.25) is 0 Å². The van der Waals surface area contributed by atoms with Crippen LogP contribution in [0.2, 0.25) is 18.5 Å². The summed E-state index contributed by atoms with van der Waals surface area (Å²) in [5.41, 5.74) is 0. The summed E-state index contributed by atoms with van der Waals surface area (Å²) < 4.78 is 0. The molecular weight excluding hydrogens is 222 g/mol. The predicted molar refractivity (Wildman–Crippen MR) is 83.1 cm³/mol. The van der Waals surface area contributed by atoms with Crippen LogP contribution >= 0.6 is 7.92 Å². The summed E-state index contributed by atoms with van der Waals surface area (Å²) in [4.78, 5) is 0. The molecule has 17 heavy (non-hydrogen) atoms. The molecular formula is C15H28BP. The Labute approximate surface area is 109 Å². The molecule has 2 aliphatic rings. The van der Waals surface area contributed by atoms with Gasteiger partial charge < -0.3 is 0 Å². The van der Waals surface area contributed by atoms with Crippen molar-refractivity contribution in [2.24, 2.45) is 5.92 Å². The number of allylic oxidation sites excluding steroid dienone is 1. The van der Waals surface area contributed by atoms with Crippen LogP contribution in [0, 0.1) is 5.92 Å². The maximum atomic E-state index is 3.84. The van der Waals surface area contributed by atoms with Gasteiger partial charge in [0.15, 0.2) is 0 Å². The molecule has 2 heterocycles. The smallest absolute Gasteiger partial charge is 0.110 e. The molecule has 0 saturated carbocycles. The molecule has 0 nitrogen and oxygen atoms in total. The molecule has 2 saturated heterocycles. The molecule has 2 fully saturated rings. The van der Waals surface area contributed by atoms with Gasteiger partial charge in [-0.05, 0) is 37.7 Å². The first kappa shape index (κ1) is 13.7. The minimum Gasteiger partial charge on any atom is -0.110 e. The highest BCUT2D eigenvalue weighted by Gasteiger charge is 2.31. The summed E-state index contributed by atoms with van der Waals surface area (Å²) >= 11 is 0. The van der Waals surface area contributed by atoms with Crippen LogP contribution in [0.3, 0.4) is 0 Å². The zero-order valence-electron chi connectivity index (χ0n) is 11.5. The molecule has 0 aliphatic carbocycles. The third-order valence-corrected chi connectivity index (χ3v) is 7.14. The van der Waals surface area contributed by atoms with Gasteiger partial charge in [0.25, 0.3) is 0 Å². The van der Waals surface area contributed by atoms with Crippen molar-refractivity contribution in [1.29, 1.82) is 0 Å². The summed E-state index contributed by atoms with van der Waals surface area (Å²) in [5.74, 6) is 2.13. The molecule has 0 N–H and O–H groups in total. The van der Waals surface area contributed by atoms with E-state index in [4.69, 9.17) is 0 Å². The van der Waals surface area contributed by atoms with Crippen LogP contribution in [-0.2, 0) is 0 Å². The molecule has 0 unspecified atom stereocenters. The maximum Gasteiger partial charge on any atom is 0.143 e. The predicted octanol–water partition coefficient (Wildman–Crippen LogP) is 5.13. The highest BCUT2D eigenvalue weighted by Crippen LogP contribution is 2.46. The van der Waals surface area contributed by atoms with E-state index < -0.39 is 0 Å². The highest BCUT2D eigenvalue weighted by molar-refractivity contribution is 7.56. The third kappa shape index (κ3) is 4.13. The minimum absolute atomic E-state index is 0.433. The highest BCUT2D eigenvalue weighted by atomic mass is 31.1. The molecule has 0 spiro atoms. The first-order valence-corrected chi connectivity index (χ1v) is 9.75.